The molecular formula is C12H15N5O4. The number of pyridine rings is 1. The van der Waals surface area contributed by atoms with Gasteiger partial charge in [0.2, 0.25) is 17.3 Å². The van der Waals surface area contributed by atoms with Crippen LogP contribution in [-0.2, 0) is 5.41 Å². The first kappa shape index (κ1) is 14.7. The zero-order valence-electron chi connectivity index (χ0n) is 11.7. The predicted molar refractivity (Wildman–Crippen MR) is 70.8 cm³/mol. The number of nitrogens with zero attached hydrogens (tertiary/aromatic N) is 5. The summed E-state index contributed by atoms with van der Waals surface area (Å²) >= 11 is 0. The van der Waals surface area contributed by atoms with Gasteiger partial charge in [0.05, 0.1) is 0 Å². The molecule has 2 aromatic rings. The van der Waals surface area contributed by atoms with E-state index in [0.717, 1.165) is 6.42 Å². The fourth-order valence-corrected chi connectivity index (χ4v) is 1.45. The van der Waals surface area contributed by atoms with E-state index in [1.165, 1.54) is 0 Å². The van der Waals surface area contributed by atoms with Crippen molar-refractivity contribution < 1.29 is 20.4 Å². The second-order valence-electron chi connectivity index (χ2n) is 5.11. The summed E-state index contributed by atoms with van der Waals surface area (Å²) in [6.45, 7) is 5.83. The van der Waals surface area contributed by atoms with E-state index >= 15 is 0 Å². The molecule has 0 amide bonds. The zero-order valence-corrected chi connectivity index (χ0v) is 11.7. The van der Waals surface area contributed by atoms with Gasteiger partial charge in [-0.1, -0.05) is 20.8 Å². The molecule has 0 aliphatic heterocycles. The van der Waals surface area contributed by atoms with E-state index in [4.69, 9.17) is 0 Å². The lowest BCUT2D eigenvalue weighted by Crippen LogP contribution is -2.21. The molecular weight excluding hydrogens is 278 g/mol. The summed E-state index contributed by atoms with van der Waals surface area (Å²) in [6.07, 6.45) is 0.778. The Hall–Kier alpha value is -2.71. The predicted octanol–water partition coefficient (Wildman–Crippen LogP) is 0.839. The van der Waals surface area contributed by atoms with Crippen molar-refractivity contribution in [2.75, 3.05) is 0 Å². The summed E-state index contributed by atoms with van der Waals surface area (Å²) in [6, 6.07) is 0. The lowest BCUT2D eigenvalue weighted by Gasteiger charge is -2.18. The SMILES string of the molecule is CCC(C)(C)c1nnc(-c2nc(O)c(O)c(O)c2O)nn1. The van der Waals surface area contributed by atoms with Gasteiger partial charge in [0.15, 0.2) is 17.3 Å². The average molecular weight is 293 g/mol. The minimum atomic E-state index is -0.930. The molecule has 0 bridgehead atoms. The molecule has 0 radical (unpaired) electrons. The van der Waals surface area contributed by atoms with Crippen molar-refractivity contribution in [3.8, 4) is 34.6 Å². The van der Waals surface area contributed by atoms with Crippen molar-refractivity contribution >= 4 is 0 Å². The molecule has 4 N–H and O–H groups in total. The second kappa shape index (κ2) is 5.00. The number of hydrogen-bond acceptors (Lipinski definition) is 9. The molecule has 9 heteroatoms. The van der Waals surface area contributed by atoms with Crippen LogP contribution in [0.25, 0.3) is 11.5 Å². The fourth-order valence-electron chi connectivity index (χ4n) is 1.45. The van der Waals surface area contributed by atoms with Crippen LogP contribution in [0.1, 0.15) is 33.0 Å². The molecule has 112 valence electrons. The van der Waals surface area contributed by atoms with Gasteiger partial charge in [0, 0.05) is 5.41 Å². The van der Waals surface area contributed by atoms with E-state index in [-0.39, 0.29) is 16.9 Å². The Morgan fingerprint density at radius 3 is 1.95 bits per heavy atom. The van der Waals surface area contributed by atoms with Crippen LogP contribution >= 0.6 is 0 Å². The van der Waals surface area contributed by atoms with Crippen molar-refractivity contribution in [3.05, 3.63) is 5.82 Å². The summed E-state index contributed by atoms with van der Waals surface area (Å²) in [5.74, 6) is -3.24. The Morgan fingerprint density at radius 2 is 1.43 bits per heavy atom. The van der Waals surface area contributed by atoms with Crippen LogP contribution in [0.5, 0.6) is 23.1 Å². The van der Waals surface area contributed by atoms with Gasteiger partial charge in [0.1, 0.15) is 0 Å². The van der Waals surface area contributed by atoms with E-state index in [0.29, 0.717) is 5.82 Å². The topological polar surface area (TPSA) is 145 Å². The summed E-state index contributed by atoms with van der Waals surface area (Å²) in [4.78, 5) is 3.51. The third-order valence-corrected chi connectivity index (χ3v) is 3.28. The molecule has 0 aliphatic carbocycles. The maximum absolute atomic E-state index is 9.71. The summed E-state index contributed by atoms with van der Waals surface area (Å²) in [7, 11) is 0. The first-order chi connectivity index (χ1) is 9.77. The molecule has 0 atom stereocenters. The van der Waals surface area contributed by atoms with E-state index in [1.807, 2.05) is 20.8 Å². The first-order valence-electron chi connectivity index (χ1n) is 6.20. The molecule has 0 aromatic carbocycles. The Kier molecular flexibility index (Phi) is 3.50. The third-order valence-electron chi connectivity index (χ3n) is 3.28. The largest absolute Gasteiger partial charge is 0.503 e. The van der Waals surface area contributed by atoms with Crippen molar-refractivity contribution in [1.82, 2.24) is 25.4 Å². The lowest BCUT2D eigenvalue weighted by molar-refractivity contribution is 0.337. The van der Waals surface area contributed by atoms with E-state index in [9.17, 15) is 20.4 Å². The lowest BCUT2D eigenvalue weighted by atomic mass is 9.90. The van der Waals surface area contributed by atoms with Crippen molar-refractivity contribution in [2.24, 2.45) is 0 Å². The smallest absolute Gasteiger partial charge is 0.259 e. The van der Waals surface area contributed by atoms with Crippen molar-refractivity contribution in [3.63, 3.8) is 0 Å². The summed E-state index contributed by atoms with van der Waals surface area (Å²) in [5.41, 5.74) is -0.642. The average Bonchev–Trinajstić information content (AvgIpc) is 2.49. The van der Waals surface area contributed by atoms with Crippen LogP contribution in [0.15, 0.2) is 0 Å². The van der Waals surface area contributed by atoms with Crippen LogP contribution in [0.2, 0.25) is 0 Å². The highest BCUT2D eigenvalue weighted by atomic mass is 16.3. The van der Waals surface area contributed by atoms with Gasteiger partial charge >= 0.3 is 0 Å². The van der Waals surface area contributed by atoms with E-state index in [2.05, 4.69) is 25.4 Å². The number of rotatable bonds is 3. The van der Waals surface area contributed by atoms with Gasteiger partial charge in [-0.2, -0.15) is 0 Å². The molecule has 0 aliphatic rings. The summed E-state index contributed by atoms with van der Waals surface area (Å²) in [5, 5.41) is 53.2. The zero-order chi connectivity index (χ0) is 15.8. The Labute approximate surface area is 120 Å². The Bertz CT molecular complexity index is 672. The molecule has 0 fully saturated rings. The van der Waals surface area contributed by atoms with E-state index < -0.39 is 23.1 Å². The van der Waals surface area contributed by atoms with Gasteiger partial charge in [0.25, 0.3) is 5.88 Å². The number of hydrogen-bond donors (Lipinski definition) is 4. The van der Waals surface area contributed by atoms with Crippen LogP contribution < -0.4 is 0 Å². The maximum atomic E-state index is 9.71. The molecule has 0 spiro atoms. The van der Waals surface area contributed by atoms with E-state index in [1.54, 1.807) is 0 Å². The molecule has 2 rings (SSSR count). The highest BCUT2D eigenvalue weighted by Gasteiger charge is 2.25. The minimum Gasteiger partial charge on any atom is -0.503 e. The molecule has 2 heterocycles. The highest BCUT2D eigenvalue weighted by Crippen LogP contribution is 2.44. The molecule has 0 unspecified atom stereocenters. The van der Waals surface area contributed by atoms with Crippen LogP contribution in [-0.4, -0.2) is 45.8 Å². The fraction of sp³-hybridized carbons (Fsp3) is 0.417. The van der Waals surface area contributed by atoms with Gasteiger partial charge in [-0.25, -0.2) is 4.98 Å². The standard InChI is InChI=1S/C12H15N5O4/c1-4-12(2,3)11-16-14-9(15-17-11)5-6(18)7(19)8(20)10(21)13-5/h18,20H,4H2,1-3H3,(H2,13,19,21). The minimum absolute atomic E-state index is 0.186. The molecule has 21 heavy (non-hydrogen) atoms. The first-order valence-corrected chi connectivity index (χ1v) is 6.20. The molecule has 0 saturated heterocycles. The maximum Gasteiger partial charge on any atom is 0.259 e. The second-order valence-corrected chi connectivity index (χ2v) is 5.11. The number of aromatic nitrogens is 5. The van der Waals surface area contributed by atoms with Gasteiger partial charge in [-0.15, -0.1) is 20.4 Å². The summed E-state index contributed by atoms with van der Waals surface area (Å²) < 4.78 is 0. The number of aromatic hydroxyl groups is 4. The van der Waals surface area contributed by atoms with Crippen molar-refractivity contribution in [1.29, 1.82) is 0 Å². The van der Waals surface area contributed by atoms with Gasteiger partial charge < -0.3 is 20.4 Å². The Balaban J connectivity index is 2.50. The quantitative estimate of drug-likeness (QED) is 0.646. The highest BCUT2D eigenvalue weighted by molar-refractivity contribution is 5.68. The molecule has 9 nitrogen and oxygen atoms in total. The van der Waals surface area contributed by atoms with Crippen LogP contribution in [0.4, 0.5) is 0 Å². The molecule has 2 aromatic heterocycles. The Morgan fingerprint density at radius 1 is 0.857 bits per heavy atom. The third kappa shape index (κ3) is 2.49. The van der Waals surface area contributed by atoms with Crippen LogP contribution in [0.3, 0.4) is 0 Å². The normalized spacial score (nSPS) is 11.6. The van der Waals surface area contributed by atoms with Crippen LogP contribution in [0, 0.1) is 0 Å². The monoisotopic (exact) mass is 293 g/mol. The van der Waals surface area contributed by atoms with Gasteiger partial charge in [-0.3, -0.25) is 0 Å². The van der Waals surface area contributed by atoms with Gasteiger partial charge in [-0.05, 0) is 6.42 Å². The molecule has 0 saturated carbocycles. The van der Waals surface area contributed by atoms with Crippen molar-refractivity contribution in [2.45, 2.75) is 32.6 Å².